The third-order valence-electron chi connectivity index (χ3n) is 9.19. The van der Waals surface area contributed by atoms with E-state index < -0.39 is 11.9 Å². The average molecular weight is 431 g/mol. The highest BCUT2D eigenvalue weighted by Gasteiger charge is 2.63. The molecule has 0 amide bonds. The van der Waals surface area contributed by atoms with Gasteiger partial charge in [-0.25, -0.2) is 0 Å². The summed E-state index contributed by atoms with van der Waals surface area (Å²) in [5.74, 6) is -0.248. The Kier molecular flexibility index (Phi) is 5.63. The summed E-state index contributed by atoms with van der Waals surface area (Å²) in [6, 6.07) is 0. The van der Waals surface area contributed by atoms with Crippen molar-refractivity contribution in [2.45, 2.75) is 84.7 Å². The number of carboxylic acid groups (broad SMARTS) is 1. The summed E-state index contributed by atoms with van der Waals surface area (Å²) in [5, 5.41) is 8.95. The van der Waals surface area contributed by atoms with Crippen molar-refractivity contribution in [1.29, 1.82) is 0 Å². The fourth-order valence-corrected chi connectivity index (χ4v) is 7.87. The molecular formula is C25H34O6. The van der Waals surface area contributed by atoms with Crippen molar-refractivity contribution < 1.29 is 29.0 Å². The highest BCUT2D eigenvalue weighted by atomic mass is 16.5. The Balaban J connectivity index is 1.70. The SMILES string of the molecule is CC(=O)[C@@H]1CC[C@@H]2[C@@H]3CCC4=CC(=O)CC[C@]4(C)[C@@H]3[C@H](OC(=O)CCC(=O)O)C[C@]21C. The second-order valence-electron chi connectivity index (χ2n) is 10.8. The summed E-state index contributed by atoms with van der Waals surface area (Å²) in [5.41, 5.74) is 0.790. The number of ether oxygens (including phenoxy) is 1. The first-order chi connectivity index (χ1) is 14.6. The number of fused-ring (bicyclic) bond motifs is 5. The molecule has 170 valence electrons. The van der Waals surface area contributed by atoms with Gasteiger partial charge in [0.05, 0.1) is 12.8 Å². The highest BCUT2D eigenvalue weighted by molar-refractivity contribution is 5.91. The number of carbonyl (C=O) groups excluding carboxylic acids is 3. The van der Waals surface area contributed by atoms with Crippen LogP contribution in [0.15, 0.2) is 11.6 Å². The van der Waals surface area contributed by atoms with E-state index in [0.29, 0.717) is 24.7 Å². The average Bonchev–Trinajstić information content (AvgIpc) is 3.03. The van der Waals surface area contributed by atoms with Crippen molar-refractivity contribution in [3.8, 4) is 0 Å². The van der Waals surface area contributed by atoms with E-state index in [1.807, 2.05) is 6.08 Å². The van der Waals surface area contributed by atoms with Crippen LogP contribution in [0.3, 0.4) is 0 Å². The summed E-state index contributed by atoms with van der Waals surface area (Å²) in [6.07, 6.45) is 6.75. The maximum atomic E-state index is 12.6. The predicted octanol–water partition coefficient (Wildman–Crippen LogP) is 4.11. The molecule has 4 aliphatic carbocycles. The number of rotatable bonds is 5. The van der Waals surface area contributed by atoms with E-state index in [1.54, 1.807) is 6.92 Å². The van der Waals surface area contributed by atoms with Crippen LogP contribution in [0.25, 0.3) is 0 Å². The van der Waals surface area contributed by atoms with Gasteiger partial charge in [0, 0.05) is 18.3 Å². The second kappa shape index (κ2) is 7.86. The van der Waals surface area contributed by atoms with E-state index in [2.05, 4.69) is 13.8 Å². The minimum Gasteiger partial charge on any atom is -0.481 e. The van der Waals surface area contributed by atoms with Gasteiger partial charge in [0.2, 0.25) is 0 Å². The summed E-state index contributed by atoms with van der Waals surface area (Å²) in [6.45, 7) is 6.09. The number of allylic oxidation sites excluding steroid dienone is 1. The van der Waals surface area contributed by atoms with Gasteiger partial charge in [-0.1, -0.05) is 19.4 Å². The Labute approximate surface area is 183 Å². The Morgan fingerprint density at radius 1 is 1.13 bits per heavy atom. The number of carbonyl (C=O) groups is 4. The van der Waals surface area contributed by atoms with Crippen molar-refractivity contribution in [2.75, 3.05) is 0 Å². The van der Waals surface area contributed by atoms with Gasteiger partial charge in [-0.2, -0.15) is 0 Å². The number of esters is 1. The first-order valence-corrected chi connectivity index (χ1v) is 11.7. The number of hydrogen-bond donors (Lipinski definition) is 1. The van der Waals surface area contributed by atoms with Crippen molar-refractivity contribution in [1.82, 2.24) is 0 Å². The third kappa shape index (κ3) is 3.66. The quantitative estimate of drug-likeness (QED) is 0.659. The zero-order chi connectivity index (χ0) is 22.6. The Hall–Kier alpha value is -1.98. The molecule has 0 bridgehead atoms. The fraction of sp³-hybridized carbons (Fsp3) is 0.760. The number of aliphatic carboxylic acids is 1. The minimum absolute atomic E-state index is 0.0173. The highest BCUT2D eigenvalue weighted by Crippen LogP contribution is 2.67. The third-order valence-corrected chi connectivity index (χ3v) is 9.19. The molecule has 0 saturated heterocycles. The summed E-state index contributed by atoms with van der Waals surface area (Å²) >= 11 is 0. The van der Waals surface area contributed by atoms with Gasteiger partial charge in [0.15, 0.2) is 5.78 Å². The summed E-state index contributed by atoms with van der Waals surface area (Å²) < 4.78 is 6.03. The van der Waals surface area contributed by atoms with Crippen LogP contribution in [-0.2, 0) is 23.9 Å². The van der Waals surface area contributed by atoms with E-state index in [4.69, 9.17) is 9.84 Å². The van der Waals surface area contributed by atoms with Gasteiger partial charge in [-0.3, -0.25) is 19.2 Å². The number of carboxylic acids is 1. The lowest BCUT2D eigenvalue weighted by atomic mass is 9.46. The Morgan fingerprint density at radius 2 is 1.87 bits per heavy atom. The van der Waals surface area contributed by atoms with E-state index in [9.17, 15) is 19.2 Å². The monoisotopic (exact) mass is 430 g/mol. The van der Waals surface area contributed by atoms with Crippen LogP contribution in [-0.4, -0.2) is 34.7 Å². The summed E-state index contributed by atoms with van der Waals surface area (Å²) in [7, 11) is 0. The first-order valence-electron chi connectivity index (χ1n) is 11.7. The van der Waals surface area contributed by atoms with Crippen LogP contribution in [0.2, 0.25) is 0 Å². The van der Waals surface area contributed by atoms with E-state index in [0.717, 1.165) is 32.1 Å². The van der Waals surface area contributed by atoms with Gasteiger partial charge < -0.3 is 9.84 Å². The molecule has 3 saturated carbocycles. The fourth-order valence-electron chi connectivity index (χ4n) is 7.87. The molecule has 3 fully saturated rings. The van der Waals surface area contributed by atoms with Gasteiger partial charge >= 0.3 is 11.9 Å². The van der Waals surface area contributed by atoms with Crippen LogP contribution >= 0.6 is 0 Å². The largest absolute Gasteiger partial charge is 0.481 e. The van der Waals surface area contributed by atoms with E-state index >= 15 is 0 Å². The van der Waals surface area contributed by atoms with Gasteiger partial charge in [-0.15, -0.1) is 0 Å². The smallest absolute Gasteiger partial charge is 0.306 e. The van der Waals surface area contributed by atoms with Gasteiger partial charge in [0.25, 0.3) is 0 Å². The molecule has 6 nitrogen and oxygen atoms in total. The van der Waals surface area contributed by atoms with Gasteiger partial charge in [0.1, 0.15) is 11.9 Å². The molecule has 0 radical (unpaired) electrons. The summed E-state index contributed by atoms with van der Waals surface area (Å²) in [4.78, 5) is 48.1. The zero-order valence-corrected chi connectivity index (χ0v) is 18.8. The molecule has 31 heavy (non-hydrogen) atoms. The maximum absolute atomic E-state index is 12.6. The molecule has 7 atom stereocenters. The van der Waals surface area contributed by atoms with Crippen molar-refractivity contribution in [2.24, 2.45) is 34.5 Å². The molecule has 4 aliphatic rings. The van der Waals surface area contributed by atoms with Crippen molar-refractivity contribution in [3.63, 3.8) is 0 Å². The molecule has 6 heteroatoms. The standard InChI is InChI=1S/C25H34O6/c1-14(26)18-6-7-19-17-5-4-15-12-16(27)10-11-24(15,2)23(17)20(13-25(18,19)3)31-22(30)9-8-21(28)29/h12,17-20,23H,4-11,13H2,1-3H3,(H,28,29)/t17-,18-,19+,20+,23-,24-,25-/m0/s1. The normalized spacial score (nSPS) is 41.5. The number of ketones is 2. The van der Waals surface area contributed by atoms with E-state index in [-0.39, 0.29) is 53.2 Å². The van der Waals surface area contributed by atoms with E-state index in [1.165, 1.54) is 5.57 Å². The lowest BCUT2D eigenvalue weighted by Gasteiger charge is -2.60. The number of hydrogen-bond acceptors (Lipinski definition) is 5. The molecule has 1 N–H and O–H groups in total. The first kappa shape index (κ1) is 22.2. The molecule has 0 aromatic rings. The zero-order valence-electron chi connectivity index (χ0n) is 18.8. The second-order valence-corrected chi connectivity index (χ2v) is 10.8. The molecular weight excluding hydrogens is 396 g/mol. The van der Waals surface area contributed by atoms with Crippen LogP contribution < -0.4 is 0 Å². The molecule has 0 heterocycles. The predicted molar refractivity (Wildman–Crippen MR) is 113 cm³/mol. The van der Waals surface area contributed by atoms with Crippen LogP contribution in [0.1, 0.15) is 78.6 Å². The van der Waals surface area contributed by atoms with Crippen LogP contribution in [0, 0.1) is 34.5 Å². The van der Waals surface area contributed by atoms with Crippen LogP contribution in [0.5, 0.6) is 0 Å². The Morgan fingerprint density at radius 3 is 2.55 bits per heavy atom. The van der Waals surface area contributed by atoms with Crippen molar-refractivity contribution >= 4 is 23.5 Å². The van der Waals surface area contributed by atoms with Crippen molar-refractivity contribution in [3.05, 3.63) is 11.6 Å². The topological polar surface area (TPSA) is 97.7 Å². The molecule has 0 aromatic heterocycles. The number of Topliss-reactive ketones (excluding diaryl/α,β-unsaturated/α-hetero) is 1. The molecule has 0 unspecified atom stereocenters. The molecule has 4 rings (SSSR count). The molecule has 0 spiro atoms. The lowest BCUT2D eigenvalue weighted by Crippen LogP contribution is -2.58. The van der Waals surface area contributed by atoms with Gasteiger partial charge in [-0.05, 0) is 74.2 Å². The minimum atomic E-state index is -1.02. The maximum Gasteiger partial charge on any atom is 0.306 e. The Bertz CT molecular complexity index is 843. The lowest BCUT2D eigenvalue weighted by molar-refractivity contribution is -0.178. The van der Waals surface area contributed by atoms with Crippen LogP contribution in [0.4, 0.5) is 0 Å². The molecule has 0 aromatic carbocycles. The molecule has 0 aliphatic heterocycles.